The van der Waals surface area contributed by atoms with Gasteiger partial charge in [-0.15, -0.1) is 0 Å². The third-order valence-corrected chi connectivity index (χ3v) is 5.59. The summed E-state index contributed by atoms with van der Waals surface area (Å²) in [6.07, 6.45) is 7.38. The minimum Gasteiger partial charge on any atom is -0.355 e. The second-order valence-corrected chi connectivity index (χ2v) is 7.83. The van der Waals surface area contributed by atoms with Gasteiger partial charge in [0.1, 0.15) is 0 Å². The molecule has 30 heavy (non-hydrogen) atoms. The highest BCUT2D eigenvalue weighted by atomic mass is 16.2. The molecule has 0 spiro atoms. The summed E-state index contributed by atoms with van der Waals surface area (Å²) in [4.78, 5) is 29.3. The predicted molar refractivity (Wildman–Crippen MR) is 117 cm³/mol. The number of aromatic nitrogens is 2. The van der Waals surface area contributed by atoms with E-state index in [1.165, 1.54) is 0 Å². The van der Waals surface area contributed by atoms with Gasteiger partial charge in [-0.3, -0.25) is 19.2 Å². The maximum Gasteiger partial charge on any atom is 0.253 e. The van der Waals surface area contributed by atoms with Crippen LogP contribution in [0.15, 0.2) is 48.8 Å². The van der Waals surface area contributed by atoms with E-state index in [0.29, 0.717) is 19.1 Å². The number of benzene rings is 1. The molecule has 1 saturated heterocycles. The smallest absolute Gasteiger partial charge is 0.253 e. The Hall–Kier alpha value is -2.67. The van der Waals surface area contributed by atoms with E-state index < -0.39 is 0 Å². The molecule has 1 aliphatic heterocycles. The second kappa shape index (κ2) is 11.5. The minimum absolute atomic E-state index is 0.0757. The first kappa shape index (κ1) is 22.0. The van der Waals surface area contributed by atoms with Gasteiger partial charge in [0.05, 0.1) is 6.54 Å². The van der Waals surface area contributed by atoms with E-state index in [1.807, 2.05) is 52.2 Å². The molecule has 0 unspecified atom stereocenters. The van der Waals surface area contributed by atoms with Crippen molar-refractivity contribution in [3.8, 4) is 0 Å². The number of nitrogens with zero attached hydrogens (tertiary/aromatic N) is 4. The third kappa shape index (κ3) is 6.42. The Balaban J connectivity index is 1.42. The monoisotopic (exact) mass is 411 g/mol. The van der Waals surface area contributed by atoms with Crippen LogP contribution in [0.2, 0.25) is 0 Å². The van der Waals surface area contributed by atoms with Crippen LogP contribution in [0.5, 0.6) is 0 Å². The number of likely N-dealkylation sites (tertiary alicyclic amines) is 1. The molecule has 1 aliphatic rings. The third-order valence-electron chi connectivity index (χ3n) is 5.59. The number of carbonyl (C=O) groups excluding carboxylic acids is 2. The van der Waals surface area contributed by atoms with Gasteiger partial charge in [0.25, 0.3) is 5.91 Å². The van der Waals surface area contributed by atoms with Crippen LogP contribution in [0.1, 0.15) is 43.0 Å². The van der Waals surface area contributed by atoms with E-state index in [0.717, 1.165) is 57.4 Å². The molecule has 0 atom stereocenters. The van der Waals surface area contributed by atoms with Gasteiger partial charge in [-0.25, -0.2) is 0 Å². The molecular formula is C23H33N5O2. The lowest BCUT2D eigenvalue weighted by molar-refractivity contribution is -0.123. The van der Waals surface area contributed by atoms with Gasteiger partial charge in [-0.1, -0.05) is 25.1 Å². The molecule has 7 nitrogen and oxygen atoms in total. The van der Waals surface area contributed by atoms with Crippen molar-refractivity contribution >= 4 is 11.8 Å². The van der Waals surface area contributed by atoms with Crippen molar-refractivity contribution in [1.82, 2.24) is 24.9 Å². The summed E-state index contributed by atoms with van der Waals surface area (Å²) in [5, 5.41) is 7.21. The molecule has 0 radical (unpaired) electrons. The number of nitrogens with one attached hydrogen (secondary N) is 1. The first-order chi connectivity index (χ1) is 14.7. The summed E-state index contributed by atoms with van der Waals surface area (Å²) < 4.78 is 1.88. The molecule has 1 aromatic heterocycles. The van der Waals surface area contributed by atoms with Crippen molar-refractivity contribution < 1.29 is 9.59 Å². The van der Waals surface area contributed by atoms with Crippen molar-refractivity contribution in [3.05, 3.63) is 54.4 Å². The van der Waals surface area contributed by atoms with Crippen LogP contribution < -0.4 is 5.32 Å². The van der Waals surface area contributed by atoms with Gasteiger partial charge in [-0.05, 0) is 50.4 Å². The van der Waals surface area contributed by atoms with Crippen LogP contribution in [-0.4, -0.2) is 70.2 Å². The molecule has 2 aromatic rings. The number of rotatable bonds is 10. The van der Waals surface area contributed by atoms with Crippen LogP contribution in [-0.2, 0) is 11.3 Å². The van der Waals surface area contributed by atoms with Crippen LogP contribution in [0.3, 0.4) is 0 Å². The number of hydrogen-bond donors (Lipinski definition) is 1. The maximum absolute atomic E-state index is 12.7. The lowest BCUT2D eigenvalue weighted by Crippen LogP contribution is -2.49. The number of carbonyl (C=O) groups is 2. The van der Waals surface area contributed by atoms with Crippen molar-refractivity contribution in [3.63, 3.8) is 0 Å². The Morgan fingerprint density at radius 1 is 1.17 bits per heavy atom. The maximum atomic E-state index is 12.7. The summed E-state index contributed by atoms with van der Waals surface area (Å²) in [5.41, 5.74) is 0.746. The average Bonchev–Trinajstić information content (AvgIpc) is 3.30. The Labute approximate surface area is 179 Å². The molecule has 1 fully saturated rings. The molecule has 0 aliphatic carbocycles. The van der Waals surface area contributed by atoms with Crippen LogP contribution in [0.4, 0.5) is 0 Å². The summed E-state index contributed by atoms with van der Waals surface area (Å²) in [6.45, 7) is 6.41. The molecular weight excluding hydrogens is 378 g/mol. The number of hydrogen-bond acceptors (Lipinski definition) is 4. The standard InChI is InChI=1S/C23H33N5O2/c1-2-14-27(19-22(29)24-12-6-15-28-16-7-13-25-28)21-10-17-26(18-11-21)23(30)20-8-4-3-5-9-20/h3-5,7-9,13,16,21H,2,6,10-12,14-15,17-19H2,1H3,(H,24,29). The molecule has 0 bridgehead atoms. The minimum atomic E-state index is 0.0757. The molecule has 162 valence electrons. The second-order valence-electron chi connectivity index (χ2n) is 7.83. The normalized spacial score (nSPS) is 14.8. The van der Waals surface area contributed by atoms with Gasteiger partial charge in [0.15, 0.2) is 0 Å². The molecule has 2 amide bonds. The van der Waals surface area contributed by atoms with Gasteiger partial charge >= 0.3 is 0 Å². The lowest BCUT2D eigenvalue weighted by atomic mass is 10.0. The van der Waals surface area contributed by atoms with Crippen LogP contribution >= 0.6 is 0 Å². The Morgan fingerprint density at radius 2 is 1.93 bits per heavy atom. The topological polar surface area (TPSA) is 70.5 Å². The summed E-state index contributed by atoms with van der Waals surface area (Å²) in [7, 11) is 0. The lowest BCUT2D eigenvalue weighted by Gasteiger charge is -2.38. The molecule has 0 saturated carbocycles. The Bertz CT molecular complexity index is 770. The quantitative estimate of drug-likeness (QED) is 0.610. The zero-order chi connectivity index (χ0) is 21.2. The van der Waals surface area contributed by atoms with E-state index in [4.69, 9.17) is 0 Å². The molecule has 2 heterocycles. The van der Waals surface area contributed by atoms with Crippen molar-refractivity contribution in [2.45, 2.75) is 45.2 Å². The zero-order valence-electron chi connectivity index (χ0n) is 17.9. The van der Waals surface area contributed by atoms with Crippen molar-refractivity contribution in [2.75, 3.05) is 32.7 Å². The average molecular weight is 412 g/mol. The van der Waals surface area contributed by atoms with Gasteiger partial charge in [0.2, 0.25) is 5.91 Å². The first-order valence-electron chi connectivity index (χ1n) is 11.0. The van der Waals surface area contributed by atoms with E-state index in [9.17, 15) is 9.59 Å². The Morgan fingerprint density at radius 3 is 2.60 bits per heavy atom. The van der Waals surface area contributed by atoms with Gasteiger partial charge in [-0.2, -0.15) is 5.10 Å². The van der Waals surface area contributed by atoms with Gasteiger partial charge < -0.3 is 10.2 Å². The number of piperidine rings is 1. The fraction of sp³-hybridized carbons (Fsp3) is 0.522. The van der Waals surface area contributed by atoms with E-state index in [1.54, 1.807) is 6.20 Å². The molecule has 1 aromatic carbocycles. The highest BCUT2D eigenvalue weighted by molar-refractivity contribution is 5.94. The van der Waals surface area contributed by atoms with Crippen LogP contribution in [0.25, 0.3) is 0 Å². The highest BCUT2D eigenvalue weighted by Gasteiger charge is 2.28. The number of aryl methyl sites for hydroxylation is 1. The fourth-order valence-corrected chi connectivity index (χ4v) is 4.02. The number of amides is 2. The van der Waals surface area contributed by atoms with Gasteiger partial charge in [0, 0.05) is 50.2 Å². The van der Waals surface area contributed by atoms with E-state index in [-0.39, 0.29) is 11.8 Å². The van der Waals surface area contributed by atoms with E-state index >= 15 is 0 Å². The first-order valence-corrected chi connectivity index (χ1v) is 11.0. The molecule has 1 N–H and O–H groups in total. The summed E-state index contributed by atoms with van der Waals surface area (Å²) in [5.74, 6) is 0.178. The SMILES string of the molecule is CCCN(CC(=O)NCCCn1cccn1)C1CCN(C(=O)c2ccccc2)CC1. The van der Waals surface area contributed by atoms with Crippen molar-refractivity contribution in [2.24, 2.45) is 0 Å². The Kier molecular flexibility index (Phi) is 8.44. The van der Waals surface area contributed by atoms with Crippen molar-refractivity contribution in [1.29, 1.82) is 0 Å². The predicted octanol–water partition coefficient (Wildman–Crippen LogP) is 2.41. The zero-order valence-corrected chi connectivity index (χ0v) is 17.9. The van der Waals surface area contributed by atoms with E-state index in [2.05, 4.69) is 22.2 Å². The largest absolute Gasteiger partial charge is 0.355 e. The molecule has 7 heteroatoms. The van der Waals surface area contributed by atoms with Crippen LogP contribution in [0, 0.1) is 0 Å². The molecule has 3 rings (SSSR count). The summed E-state index contributed by atoms with van der Waals surface area (Å²) >= 11 is 0. The fourth-order valence-electron chi connectivity index (χ4n) is 4.02. The summed E-state index contributed by atoms with van der Waals surface area (Å²) in [6, 6.07) is 11.7. The highest BCUT2D eigenvalue weighted by Crippen LogP contribution is 2.19.